The van der Waals surface area contributed by atoms with Crippen LogP contribution in [0.3, 0.4) is 0 Å². The minimum atomic E-state index is -0.139. The zero-order valence-corrected chi connectivity index (χ0v) is 12.1. The highest BCUT2D eigenvalue weighted by Crippen LogP contribution is 2.30. The molecule has 0 amide bonds. The molecule has 2 heterocycles. The number of aromatic amines is 2. The van der Waals surface area contributed by atoms with E-state index in [2.05, 4.69) is 46.2 Å². The molecule has 0 spiro atoms. The minimum absolute atomic E-state index is 0.139. The van der Waals surface area contributed by atoms with Crippen LogP contribution in [-0.2, 0) is 0 Å². The number of fused-ring (bicyclic) bond motifs is 1. The van der Waals surface area contributed by atoms with Crippen LogP contribution in [0.15, 0.2) is 23.0 Å². The van der Waals surface area contributed by atoms with Crippen LogP contribution < -0.4 is 11.0 Å². The number of nitrogens with one attached hydrogen (secondary N) is 3. The van der Waals surface area contributed by atoms with Gasteiger partial charge in [-0.05, 0) is 23.6 Å². The van der Waals surface area contributed by atoms with E-state index in [4.69, 9.17) is 0 Å². The SMILES string of the molecule is CC(C)C(c1ccc2[nH]c(=O)[nH]c2c1)N1CCNCC1. The van der Waals surface area contributed by atoms with Crippen molar-refractivity contribution in [3.05, 3.63) is 34.2 Å². The molecular weight excluding hydrogens is 252 g/mol. The lowest BCUT2D eigenvalue weighted by atomic mass is 9.93. The molecule has 0 aliphatic carbocycles. The molecule has 108 valence electrons. The van der Waals surface area contributed by atoms with Crippen LogP contribution >= 0.6 is 0 Å². The average molecular weight is 274 g/mol. The van der Waals surface area contributed by atoms with E-state index in [9.17, 15) is 4.79 Å². The number of nitrogens with zero attached hydrogens (tertiary/aromatic N) is 1. The lowest BCUT2D eigenvalue weighted by molar-refractivity contribution is 0.137. The Labute approximate surface area is 118 Å². The first-order valence-electron chi connectivity index (χ1n) is 7.32. The van der Waals surface area contributed by atoms with Crippen molar-refractivity contribution in [2.24, 2.45) is 5.92 Å². The van der Waals surface area contributed by atoms with Crippen molar-refractivity contribution in [3.8, 4) is 0 Å². The van der Waals surface area contributed by atoms with E-state index in [-0.39, 0.29) is 5.69 Å². The second-order valence-electron chi connectivity index (χ2n) is 5.86. The molecule has 1 aromatic carbocycles. The van der Waals surface area contributed by atoms with E-state index >= 15 is 0 Å². The third kappa shape index (κ3) is 2.51. The first kappa shape index (κ1) is 13.4. The minimum Gasteiger partial charge on any atom is -0.314 e. The van der Waals surface area contributed by atoms with Crippen LogP contribution in [0.25, 0.3) is 11.0 Å². The molecule has 3 rings (SSSR count). The molecule has 1 saturated heterocycles. The number of rotatable bonds is 3. The third-order valence-corrected chi connectivity index (χ3v) is 4.06. The molecule has 1 atom stereocenters. The molecule has 0 saturated carbocycles. The van der Waals surface area contributed by atoms with Gasteiger partial charge in [-0.25, -0.2) is 4.79 Å². The van der Waals surface area contributed by atoms with Gasteiger partial charge in [-0.3, -0.25) is 4.90 Å². The van der Waals surface area contributed by atoms with Crippen molar-refractivity contribution < 1.29 is 0 Å². The predicted molar refractivity (Wildman–Crippen MR) is 80.9 cm³/mol. The van der Waals surface area contributed by atoms with Gasteiger partial charge < -0.3 is 15.3 Å². The Morgan fingerprint density at radius 3 is 2.50 bits per heavy atom. The van der Waals surface area contributed by atoms with E-state index < -0.39 is 0 Å². The summed E-state index contributed by atoms with van der Waals surface area (Å²) in [6.07, 6.45) is 0. The number of hydrogen-bond donors (Lipinski definition) is 3. The van der Waals surface area contributed by atoms with Crippen molar-refractivity contribution >= 4 is 11.0 Å². The molecule has 1 unspecified atom stereocenters. The Balaban J connectivity index is 1.97. The molecule has 1 aliphatic rings. The normalized spacial score (nSPS) is 18.8. The molecule has 3 N–H and O–H groups in total. The summed E-state index contributed by atoms with van der Waals surface area (Å²) in [6, 6.07) is 6.65. The summed E-state index contributed by atoms with van der Waals surface area (Å²) < 4.78 is 0. The number of imidazole rings is 1. The van der Waals surface area contributed by atoms with Crippen LogP contribution in [-0.4, -0.2) is 41.0 Å². The number of H-pyrrole nitrogens is 2. The lowest BCUT2D eigenvalue weighted by Crippen LogP contribution is -2.46. The highest BCUT2D eigenvalue weighted by molar-refractivity contribution is 5.75. The zero-order valence-electron chi connectivity index (χ0n) is 12.1. The molecule has 0 bridgehead atoms. The van der Waals surface area contributed by atoms with Crippen molar-refractivity contribution in [3.63, 3.8) is 0 Å². The van der Waals surface area contributed by atoms with E-state index in [0.29, 0.717) is 12.0 Å². The molecule has 1 fully saturated rings. The Morgan fingerprint density at radius 1 is 1.10 bits per heavy atom. The fraction of sp³-hybridized carbons (Fsp3) is 0.533. The monoisotopic (exact) mass is 274 g/mol. The molecule has 2 aromatic rings. The van der Waals surface area contributed by atoms with Crippen LogP contribution in [0.4, 0.5) is 0 Å². The van der Waals surface area contributed by atoms with Gasteiger partial charge in [-0.2, -0.15) is 0 Å². The van der Waals surface area contributed by atoms with Crippen molar-refractivity contribution in [1.29, 1.82) is 0 Å². The molecule has 5 heteroatoms. The fourth-order valence-corrected chi connectivity index (χ4v) is 3.21. The largest absolute Gasteiger partial charge is 0.323 e. The standard InChI is InChI=1S/C15H22N4O/c1-10(2)14(19-7-5-16-6-8-19)11-3-4-12-13(9-11)18-15(20)17-12/h3-4,9-10,14,16H,5-8H2,1-2H3,(H2,17,18,20). The van der Waals surface area contributed by atoms with Crippen LogP contribution in [0.1, 0.15) is 25.5 Å². The molecule has 1 aliphatic heterocycles. The maximum atomic E-state index is 11.4. The Hall–Kier alpha value is -1.59. The number of hydrogen-bond acceptors (Lipinski definition) is 3. The van der Waals surface area contributed by atoms with Gasteiger partial charge >= 0.3 is 5.69 Å². The number of benzene rings is 1. The molecule has 20 heavy (non-hydrogen) atoms. The zero-order chi connectivity index (χ0) is 14.1. The second kappa shape index (κ2) is 5.42. The summed E-state index contributed by atoms with van der Waals surface area (Å²) in [7, 11) is 0. The molecular formula is C15H22N4O. The van der Waals surface area contributed by atoms with Gasteiger partial charge in [0.2, 0.25) is 0 Å². The molecule has 5 nitrogen and oxygen atoms in total. The van der Waals surface area contributed by atoms with Gasteiger partial charge in [0.15, 0.2) is 0 Å². The van der Waals surface area contributed by atoms with E-state index in [1.54, 1.807) is 0 Å². The number of aromatic nitrogens is 2. The summed E-state index contributed by atoms with van der Waals surface area (Å²) in [4.78, 5) is 19.6. The van der Waals surface area contributed by atoms with Gasteiger partial charge in [0.05, 0.1) is 11.0 Å². The summed E-state index contributed by atoms with van der Waals surface area (Å²) >= 11 is 0. The van der Waals surface area contributed by atoms with Crippen LogP contribution in [0, 0.1) is 5.92 Å². The lowest BCUT2D eigenvalue weighted by Gasteiger charge is -2.37. The maximum absolute atomic E-state index is 11.4. The van der Waals surface area contributed by atoms with Crippen molar-refractivity contribution in [2.75, 3.05) is 26.2 Å². The Morgan fingerprint density at radius 2 is 1.80 bits per heavy atom. The van der Waals surface area contributed by atoms with E-state index in [1.807, 2.05) is 6.07 Å². The summed E-state index contributed by atoms with van der Waals surface area (Å²) in [5, 5.41) is 3.40. The fourth-order valence-electron chi connectivity index (χ4n) is 3.21. The van der Waals surface area contributed by atoms with Gasteiger partial charge in [0.1, 0.15) is 0 Å². The van der Waals surface area contributed by atoms with Gasteiger partial charge in [0.25, 0.3) is 0 Å². The topological polar surface area (TPSA) is 63.9 Å². The van der Waals surface area contributed by atoms with E-state index in [0.717, 1.165) is 37.2 Å². The highest BCUT2D eigenvalue weighted by atomic mass is 16.1. The summed E-state index contributed by atoms with van der Waals surface area (Å²) in [5.74, 6) is 0.538. The smallest absolute Gasteiger partial charge is 0.314 e. The Bertz CT molecular complexity index is 637. The van der Waals surface area contributed by atoms with Gasteiger partial charge in [-0.1, -0.05) is 19.9 Å². The second-order valence-corrected chi connectivity index (χ2v) is 5.86. The van der Waals surface area contributed by atoms with Crippen LogP contribution in [0.5, 0.6) is 0 Å². The van der Waals surface area contributed by atoms with Gasteiger partial charge in [0, 0.05) is 32.2 Å². The first-order chi connectivity index (χ1) is 9.65. The third-order valence-electron chi connectivity index (χ3n) is 4.06. The first-order valence-corrected chi connectivity index (χ1v) is 7.32. The average Bonchev–Trinajstić information content (AvgIpc) is 2.79. The van der Waals surface area contributed by atoms with Gasteiger partial charge in [-0.15, -0.1) is 0 Å². The maximum Gasteiger partial charge on any atom is 0.323 e. The summed E-state index contributed by atoms with van der Waals surface area (Å²) in [6.45, 7) is 8.77. The Kier molecular flexibility index (Phi) is 3.63. The molecule has 1 aromatic heterocycles. The van der Waals surface area contributed by atoms with Crippen molar-refractivity contribution in [2.45, 2.75) is 19.9 Å². The molecule has 0 radical (unpaired) electrons. The van der Waals surface area contributed by atoms with Crippen molar-refractivity contribution in [1.82, 2.24) is 20.2 Å². The quantitative estimate of drug-likeness (QED) is 0.794. The highest BCUT2D eigenvalue weighted by Gasteiger charge is 2.25. The predicted octanol–water partition coefficient (Wildman–Crippen LogP) is 1.46. The summed E-state index contributed by atoms with van der Waals surface area (Å²) in [5.41, 5.74) is 2.92. The van der Waals surface area contributed by atoms with E-state index in [1.165, 1.54) is 5.56 Å². The van der Waals surface area contributed by atoms with Crippen LogP contribution in [0.2, 0.25) is 0 Å². The number of piperazine rings is 1.